The number of pyridine rings is 1. The van der Waals surface area contributed by atoms with E-state index in [2.05, 4.69) is 20.6 Å². The highest BCUT2D eigenvalue weighted by Crippen LogP contribution is 2.31. The van der Waals surface area contributed by atoms with Gasteiger partial charge in [-0.3, -0.25) is 4.79 Å². The molecule has 0 atom stereocenters. The highest BCUT2D eigenvalue weighted by Gasteiger charge is 2.19. The number of rotatable bonds is 5. The fourth-order valence-electron chi connectivity index (χ4n) is 3.44. The third kappa shape index (κ3) is 3.85. The van der Waals surface area contributed by atoms with Crippen molar-refractivity contribution < 1.29 is 9.21 Å². The Morgan fingerprint density at radius 3 is 2.73 bits per heavy atom. The first kappa shape index (κ1) is 19.9. The van der Waals surface area contributed by atoms with Gasteiger partial charge in [0, 0.05) is 32.6 Å². The molecule has 0 aliphatic heterocycles. The second kappa shape index (κ2) is 7.44. The Bertz CT molecular complexity index is 1230. The number of carbonyl (C=O) groups is 1. The summed E-state index contributed by atoms with van der Waals surface area (Å²) < 4.78 is 7.90. The third-order valence-electron chi connectivity index (χ3n) is 4.80. The molecule has 0 spiro atoms. The molecule has 1 aromatic carbocycles. The summed E-state index contributed by atoms with van der Waals surface area (Å²) in [5.74, 6) is 1.17. The van der Waals surface area contributed by atoms with Crippen molar-refractivity contribution >= 4 is 34.0 Å². The molecule has 0 aliphatic rings. The molecule has 156 valence electrons. The van der Waals surface area contributed by atoms with Crippen LogP contribution in [0.3, 0.4) is 0 Å². The lowest BCUT2D eigenvalue weighted by molar-refractivity contribution is -0.122. The van der Waals surface area contributed by atoms with Crippen LogP contribution in [0, 0.1) is 5.41 Å². The molecule has 0 aliphatic carbocycles. The van der Waals surface area contributed by atoms with E-state index in [1.807, 2.05) is 56.7 Å². The van der Waals surface area contributed by atoms with E-state index in [-0.39, 0.29) is 11.3 Å². The molecule has 4 aromatic rings. The van der Waals surface area contributed by atoms with Gasteiger partial charge in [-0.05, 0) is 23.1 Å². The minimum absolute atomic E-state index is 0.0390. The zero-order chi connectivity index (χ0) is 21.5. The molecular formula is C22H26N6O2. The van der Waals surface area contributed by atoms with Gasteiger partial charge in [0.25, 0.3) is 5.71 Å². The van der Waals surface area contributed by atoms with E-state index in [1.165, 1.54) is 0 Å². The van der Waals surface area contributed by atoms with E-state index >= 15 is 0 Å². The quantitative estimate of drug-likeness (QED) is 0.522. The standard InChI is InChI=1S/C22H26N6O2/c1-22(2,3)10-15(29)24-11-13-7-6-8-14(9-13)20-26-17-18-16(25-12-28(18)5)19(23-4)27-21(17)30-20/h6-9,12H,10-11H2,1-5H3,(H,23,27)(H,24,29). The van der Waals surface area contributed by atoms with Crippen LogP contribution < -0.4 is 10.6 Å². The maximum absolute atomic E-state index is 12.1. The SMILES string of the molecule is CNc1nc2oc(-c3cccc(CNC(=O)CC(C)(C)C)c3)nc2c2c1ncn2C. The third-order valence-corrected chi connectivity index (χ3v) is 4.80. The fraction of sp³-hybridized carbons (Fsp3) is 0.364. The first-order chi connectivity index (χ1) is 14.2. The van der Waals surface area contributed by atoms with Gasteiger partial charge < -0.3 is 19.6 Å². The summed E-state index contributed by atoms with van der Waals surface area (Å²) in [6.07, 6.45) is 2.22. The highest BCUT2D eigenvalue weighted by atomic mass is 16.4. The van der Waals surface area contributed by atoms with Crippen LogP contribution in [-0.4, -0.2) is 32.5 Å². The van der Waals surface area contributed by atoms with E-state index in [0.29, 0.717) is 35.9 Å². The van der Waals surface area contributed by atoms with Gasteiger partial charge in [0.2, 0.25) is 11.8 Å². The van der Waals surface area contributed by atoms with Crippen molar-refractivity contribution in [1.82, 2.24) is 24.8 Å². The Kier molecular flexibility index (Phi) is 4.93. The number of hydrogen-bond acceptors (Lipinski definition) is 6. The van der Waals surface area contributed by atoms with Gasteiger partial charge in [-0.2, -0.15) is 4.98 Å². The number of imidazole rings is 1. The number of aryl methyl sites for hydroxylation is 1. The number of amides is 1. The van der Waals surface area contributed by atoms with E-state index in [4.69, 9.17) is 9.40 Å². The van der Waals surface area contributed by atoms with Crippen molar-refractivity contribution in [3.8, 4) is 11.5 Å². The van der Waals surface area contributed by atoms with Gasteiger partial charge in [0.1, 0.15) is 11.0 Å². The number of nitrogens with zero attached hydrogens (tertiary/aromatic N) is 4. The van der Waals surface area contributed by atoms with Gasteiger partial charge >= 0.3 is 0 Å². The van der Waals surface area contributed by atoms with Gasteiger partial charge in [-0.1, -0.05) is 32.9 Å². The summed E-state index contributed by atoms with van der Waals surface area (Å²) in [6, 6.07) is 7.81. The topological polar surface area (TPSA) is 97.9 Å². The average molecular weight is 406 g/mol. The van der Waals surface area contributed by atoms with Crippen LogP contribution in [0.25, 0.3) is 33.7 Å². The minimum atomic E-state index is -0.0412. The number of nitrogens with one attached hydrogen (secondary N) is 2. The zero-order valence-electron chi connectivity index (χ0n) is 17.9. The van der Waals surface area contributed by atoms with Crippen molar-refractivity contribution in [3.05, 3.63) is 36.2 Å². The Morgan fingerprint density at radius 2 is 2.00 bits per heavy atom. The van der Waals surface area contributed by atoms with E-state index in [1.54, 1.807) is 13.4 Å². The molecule has 4 rings (SSSR count). The van der Waals surface area contributed by atoms with Crippen LogP contribution in [0.5, 0.6) is 0 Å². The van der Waals surface area contributed by atoms with Crippen LogP contribution in [0.4, 0.5) is 5.82 Å². The molecule has 3 heterocycles. The molecule has 0 fully saturated rings. The summed E-state index contributed by atoms with van der Waals surface area (Å²) in [6.45, 7) is 6.60. The van der Waals surface area contributed by atoms with Crippen LogP contribution in [0.1, 0.15) is 32.8 Å². The molecule has 30 heavy (non-hydrogen) atoms. The van der Waals surface area contributed by atoms with Crippen molar-refractivity contribution in [1.29, 1.82) is 0 Å². The van der Waals surface area contributed by atoms with Crippen molar-refractivity contribution in [2.45, 2.75) is 33.7 Å². The predicted molar refractivity (Wildman–Crippen MR) is 117 cm³/mol. The molecule has 3 aromatic heterocycles. The number of oxazole rings is 1. The maximum atomic E-state index is 12.1. The van der Waals surface area contributed by atoms with Crippen molar-refractivity contribution in [3.63, 3.8) is 0 Å². The van der Waals surface area contributed by atoms with Gasteiger partial charge in [0.05, 0.1) is 6.33 Å². The molecular weight excluding hydrogens is 380 g/mol. The smallest absolute Gasteiger partial charge is 0.251 e. The lowest BCUT2D eigenvalue weighted by Gasteiger charge is -2.17. The van der Waals surface area contributed by atoms with Gasteiger partial charge in [-0.15, -0.1) is 0 Å². The van der Waals surface area contributed by atoms with Crippen molar-refractivity contribution in [2.75, 3.05) is 12.4 Å². The van der Waals surface area contributed by atoms with E-state index < -0.39 is 0 Å². The average Bonchev–Trinajstić information content (AvgIpc) is 3.28. The Balaban J connectivity index is 1.65. The van der Waals surface area contributed by atoms with E-state index in [9.17, 15) is 4.79 Å². The molecule has 0 saturated carbocycles. The molecule has 2 N–H and O–H groups in total. The fourth-order valence-corrected chi connectivity index (χ4v) is 3.44. The minimum Gasteiger partial charge on any atom is -0.418 e. The lowest BCUT2D eigenvalue weighted by atomic mass is 9.92. The maximum Gasteiger partial charge on any atom is 0.251 e. The Morgan fingerprint density at radius 1 is 1.20 bits per heavy atom. The zero-order valence-corrected chi connectivity index (χ0v) is 17.9. The number of fused-ring (bicyclic) bond motifs is 3. The van der Waals surface area contributed by atoms with E-state index in [0.717, 1.165) is 22.2 Å². The summed E-state index contributed by atoms with van der Waals surface area (Å²) in [5, 5.41) is 6.04. The number of carbonyl (C=O) groups excluding carboxylic acids is 1. The summed E-state index contributed by atoms with van der Waals surface area (Å²) >= 11 is 0. The predicted octanol–water partition coefficient (Wildman–Crippen LogP) is 3.87. The van der Waals surface area contributed by atoms with Crippen LogP contribution in [0.2, 0.25) is 0 Å². The van der Waals surface area contributed by atoms with Gasteiger partial charge in [0.15, 0.2) is 11.3 Å². The molecule has 0 radical (unpaired) electrons. The van der Waals surface area contributed by atoms with Crippen LogP contribution in [0.15, 0.2) is 35.0 Å². The normalized spacial score (nSPS) is 11.9. The molecule has 0 unspecified atom stereocenters. The number of anilines is 1. The van der Waals surface area contributed by atoms with Crippen molar-refractivity contribution in [2.24, 2.45) is 12.5 Å². The summed E-state index contributed by atoms with van der Waals surface area (Å²) in [5.41, 5.74) is 4.51. The number of aromatic nitrogens is 4. The molecule has 8 heteroatoms. The second-order valence-corrected chi connectivity index (χ2v) is 8.65. The van der Waals surface area contributed by atoms with Crippen LogP contribution in [-0.2, 0) is 18.4 Å². The summed E-state index contributed by atoms with van der Waals surface area (Å²) in [4.78, 5) is 25.8. The molecule has 0 bridgehead atoms. The second-order valence-electron chi connectivity index (χ2n) is 8.65. The Hall–Kier alpha value is -3.42. The Labute approximate surface area is 174 Å². The molecule has 8 nitrogen and oxygen atoms in total. The summed E-state index contributed by atoms with van der Waals surface area (Å²) in [7, 11) is 3.72. The number of benzene rings is 1. The lowest BCUT2D eigenvalue weighted by Crippen LogP contribution is -2.27. The monoisotopic (exact) mass is 406 g/mol. The van der Waals surface area contributed by atoms with Crippen LogP contribution >= 0.6 is 0 Å². The first-order valence-electron chi connectivity index (χ1n) is 9.90. The highest BCUT2D eigenvalue weighted by molar-refractivity contribution is 6.03. The van der Waals surface area contributed by atoms with Gasteiger partial charge in [-0.25, -0.2) is 9.97 Å². The molecule has 0 saturated heterocycles. The first-order valence-corrected chi connectivity index (χ1v) is 9.90. The number of hydrogen-bond donors (Lipinski definition) is 2. The largest absolute Gasteiger partial charge is 0.418 e. The molecule has 1 amide bonds.